The Morgan fingerprint density at radius 3 is 2.92 bits per heavy atom. The maximum atomic E-state index is 11.7. The summed E-state index contributed by atoms with van der Waals surface area (Å²) < 4.78 is 11.8. The fourth-order valence-electron chi connectivity index (χ4n) is 2.15. The molecule has 0 spiro atoms. The predicted molar refractivity (Wildman–Crippen MR) is 104 cm³/mol. The molecule has 1 aromatic heterocycles. The first kappa shape index (κ1) is 18.1. The van der Waals surface area contributed by atoms with Crippen molar-refractivity contribution in [2.75, 3.05) is 6.61 Å². The molecule has 1 N–H and O–H groups in total. The number of hydrogen-bond acceptors (Lipinski definition) is 5. The first-order chi connectivity index (χ1) is 12.6. The second-order valence-corrected chi connectivity index (χ2v) is 6.95. The fourth-order valence-corrected chi connectivity index (χ4v) is 3.26. The molecule has 0 atom stereocenters. The van der Waals surface area contributed by atoms with E-state index in [4.69, 9.17) is 15.6 Å². The van der Waals surface area contributed by atoms with E-state index in [1.54, 1.807) is 30.3 Å². The number of nitrogens with zero attached hydrogens (tertiary/aromatic N) is 1. The van der Waals surface area contributed by atoms with Gasteiger partial charge in [-0.3, -0.25) is 0 Å². The van der Waals surface area contributed by atoms with Gasteiger partial charge in [-0.05, 0) is 48.2 Å². The Bertz CT molecular complexity index is 1000. The largest absolute Gasteiger partial charge is 0.480 e. The minimum atomic E-state index is -1.10. The van der Waals surface area contributed by atoms with E-state index in [0.717, 1.165) is 16.2 Å². The molecule has 0 radical (unpaired) electrons. The van der Waals surface area contributed by atoms with Crippen LogP contribution in [0.3, 0.4) is 0 Å². The Morgan fingerprint density at radius 2 is 2.19 bits per heavy atom. The van der Waals surface area contributed by atoms with Gasteiger partial charge in [0.25, 0.3) is 5.22 Å². The molecule has 0 unspecified atom stereocenters. The molecule has 0 bridgehead atoms. The first-order valence-electron chi connectivity index (χ1n) is 7.41. The molecular weight excluding hydrogens is 418 g/mol. The maximum Gasteiger partial charge on any atom is 0.342 e. The number of hydrogen-bond donors (Lipinski definition) is 1. The summed E-state index contributed by atoms with van der Waals surface area (Å²) in [5.74, 6) is 1.78. The van der Waals surface area contributed by atoms with Crippen molar-refractivity contribution < 1.29 is 19.1 Å². The van der Waals surface area contributed by atoms with E-state index in [0.29, 0.717) is 22.4 Å². The number of fused-ring (bicyclic) bond motifs is 1. The summed E-state index contributed by atoms with van der Waals surface area (Å²) in [7, 11) is 0. The van der Waals surface area contributed by atoms with Crippen molar-refractivity contribution in [2.24, 2.45) is 0 Å². The highest BCUT2D eigenvalue weighted by molar-refractivity contribution is 9.10. The fraction of sp³-hybridized carbons (Fsp3) is 0.0526. The molecule has 7 heteroatoms. The van der Waals surface area contributed by atoms with Gasteiger partial charge in [0.05, 0.1) is 0 Å². The molecule has 1 heterocycles. The van der Waals surface area contributed by atoms with E-state index in [-0.39, 0.29) is 16.7 Å². The molecule has 0 amide bonds. The second-order valence-electron chi connectivity index (χ2n) is 5.04. The lowest BCUT2D eigenvalue weighted by molar-refractivity contribution is -0.131. The molecule has 0 saturated carbocycles. The number of halogens is 1. The zero-order chi connectivity index (χ0) is 18.5. The Kier molecular flexibility index (Phi) is 5.66. The molecule has 2 aromatic carbocycles. The van der Waals surface area contributed by atoms with Gasteiger partial charge < -0.3 is 14.3 Å². The molecule has 0 saturated heterocycles. The highest BCUT2D eigenvalue weighted by Gasteiger charge is 2.16. The van der Waals surface area contributed by atoms with Crippen LogP contribution < -0.4 is 4.74 Å². The van der Waals surface area contributed by atoms with E-state index in [2.05, 4.69) is 26.8 Å². The molecule has 5 nitrogen and oxygen atoms in total. The number of oxazole rings is 1. The molecule has 3 aromatic rings. The summed E-state index contributed by atoms with van der Waals surface area (Å²) in [6, 6.07) is 12.5. The maximum absolute atomic E-state index is 11.7. The number of thioether (sulfide) groups is 1. The number of carboxylic acid groups (broad SMARTS) is 1. The monoisotopic (exact) mass is 429 g/mol. The van der Waals surface area contributed by atoms with Crippen molar-refractivity contribution >= 4 is 50.8 Å². The number of carbonyl (C=O) groups is 1. The normalized spacial score (nSPS) is 11.3. The van der Waals surface area contributed by atoms with Crippen molar-refractivity contribution in [2.45, 2.75) is 5.22 Å². The Balaban J connectivity index is 1.96. The van der Waals surface area contributed by atoms with Crippen molar-refractivity contribution in [3.63, 3.8) is 0 Å². The summed E-state index contributed by atoms with van der Waals surface area (Å²) in [4.78, 5) is 16.0. The third kappa shape index (κ3) is 4.28. The quantitative estimate of drug-likeness (QED) is 0.344. The van der Waals surface area contributed by atoms with E-state index < -0.39 is 5.97 Å². The molecule has 0 aliphatic heterocycles. The van der Waals surface area contributed by atoms with Crippen molar-refractivity contribution in [3.05, 3.63) is 57.4 Å². The lowest BCUT2D eigenvalue weighted by Crippen LogP contribution is -1.99. The molecule has 130 valence electrons. The minimum Gasteiger partial charge on any atom is -0.480 e. The smallest absolute Gasteiger partial charge is 0.342 e. The van der Waals surface area contributed by atoms with Crippen molar-refractivity contribution in [3.8, 4) is 18.1 Å². The van der Waals surface area contributed by atoms with Crippen LogP contribution in [0, 0.1) is 12.3 Å². The van der Waals surface area contributed by atoms with Crippen LogP contribution in [0.2, 0.25) is 0 Å². The van der Waals surface area contributed by atoms with Crippen LogP contribution in [0.25, 0.3) is 17.2 Å². The summed E-state index contributed by atoms with van der Waals surface area (Å²) in [6.07, 6.45) is 6.72. The van der Waals surface area contributed by atoms with Crippen molar-refractivity contribution in [1.82, 2.24) is 4.98 Å². The lowest BCUT2D eigenvalue weighted by Gasteiger charge is -2.08. The van der Waals surface area contributed by atoms with Gasteiger partial charge in [0.2, 0.25) is 0 Å². The van der Waals surface area contributed by atoms with Gasteiger partial charge >= 0.3 is 5.97 Å². The average molecular weight is 430 g/mol. The number of benzene rings is 2. The van der Waals surface area contributed by atoms with E-state index in [9.17, 15) is 9.90 Å². The average Bonchev–Trinajstić information content (AvgIpc) is 3.03. The number of para-hydroxylation sites is 2. The highest BCUT2D eigenvalue weighted by atomic mass is 79.9. The van der Waals surface area contributed by atoms with Crippen LogP contribution in [-0.2, 0) is 4.79 Å². The lowest BCUT2D eigenvalue weighted by atomic mass is 10.2. The Hall–Kier alpha value is -2.69. The van der Waals surface area contributed by atoms with Crippen LogP contribution in [0.1, 0.15) is 5.56 Å². The van der Waals surface area contributed by atoms with E-state index in [1.165, 1.54) is 6.08 Å². The molecular formula is C19H12BrNO4S. The summed E-state index contributed by atoms with van der Waals surface area (Å²) >= 11 is 4.30. The van der Waals surface area contributed by atoms with Crippen LogP contribution in [-0.4, -0.2) is 22.7 Å². The first-order valence-corrected chi connectivity index (χ1v) is 9.02. The molecule has 0 aliphatic rings. The third-order valence-corrected chi connectivity index (χ3v) is 4.61. The number of ether oxygens (including phenoxy) is 1. The van der Waals surface area contributed by atoms with Gasteiger partial charge in [0.15, 0.2) is 5.58 Å². The zero-order valence-electron chi connectivity index (χ0n) is 13.3. The Morgan fingerprint density at radius 1 is 1.38 bits per heavy atom. The van der Waals surface area contributed by atoms with Crippen molar-refractivity contribution in [1.29, 1.82) is 0 Å². The number of terminal acetylenes is 1. The number of rotatable bonds is 6. The second kappa shape index (κ2) is 8.13. The topological polar surface area (TPSA) is 72.6 Å². The number of aliphatic carboxylic acids is 1. The molecule has 26 heavy (non-hydrogen) atoms. The van der Waals surface area contributed by atoms with Gasteiger partial charge in [-0.2, -0.15) is 0 Å². The SMILES string of the molecule is C#CCOc1ccc(Br)cc1/C=C(\Sc1nc2ccccc2o1)C(=O)O. The standard InChI is InChI=1S/C19H12BrNO4S/c1-2-9-24-15-8-7-13(20)10-12(15)11-17(18(22)23)26-19-21-14-5-3-4-6-16(14)25-19/h1,3-8,10-11H,9H2,(H,22,23)/b17-11-. The van der Waals surface area contributed by atoms with Gasteiger partial charge in [0, 0.05) is 10.0 Å². The molecule has 3 rings (SSSR count). The molecule has 0 aliphatic carbocycles. The minimum absolute atomic E-state index is 0.0419. The van der Waals surface area contributed by atoms with Gasteiger partial charge in [-0.1, -0.05) is 34.0 Å². The Labute approximate surface area is 162 Å². The summed E-state index contributed by atoms with van der Waals surface area (Å²) in [5, 5.41) is 9.81. The van der Waals surface area contributed by atoms with Gasteiger partial charge in [0.1, 0.15) is 22.8 Å². The van der Waals surface area contributed by atoms with Gasteiger partial charge in [-0.25, -0.2) is 9.78 Å². The number of carboxylic acids is 1. The van der Waals surface area contributed by atoms with Crippen LogP contribution in [0.5, 0.6) is 5.75 Å². The predicted octanol–water partition coefficient (Wildman–Crippen LogP) is 4.82. The third-order valence-electron chi connectivity index (χ3n) is 3.25. The van der Waals surface area contributed by atoms with Crippen LogP contribution >= 0.6 is 27.7 Å². The highest BCUT2D eigenvalue weighted by Crippen LogP contribution is 2.33. The van der Waals surface area contributed by atoms with Crippen LogP contribution in [0.4, 0.5) is 0 Å². The van der Waals surface area contributed by atoms with E-state index in [1.807, 2.05) is 12.1 Å². The number of aromatic nitrogens is 1. The molecule has 0 fully saturated rings. The summed E-state index contributed by atoms with van der Waals surface area (Å²) in [6.45, 7) is 0.0865. The van der Waals surface area contributed by atoms with Crippen LogP contribution in [0.15, 0.2) is 61.5 Å². The zero-order valence-corrected chi connectivity index (χ0v) is 15.7. The van der Waals surface area contributed by atoms with E-state index >= 15 is 0 Å². The van der Waals surface area contributed by atoms with Gasteiger partial charge in [-0.15, -0.1) is 6.42 Å². The summed E-state index contributed by atoms with van der Waals surface area (Å²) in [5.41, 5.74) is 1.84.